The zero-order valence-electron chi connectivity index (χ0n) is 14.8. The summed E-state index contributed by atoms with van der Waals surface area (Å²) in [5.74, 6) is -3.27. The van der Waals surface area contributed by atoms with Crippen LogP contribution in [0.1, 0.15) is 26.0 Å². The zero-order chi connectivity index (χ0) is 20.5. The Morgan fingerprint density at radius 1 is 1.50 bits per heavy atom. The highest BCUT2D eigenvalue weighted by atomic mass is 31.2. The lowest BCUT2D eigenvalue weighted by molar-refractivity contribution is -0.154. The second kappa shape index (κ2) is 8.05. The smallest absolute Gasteiger partial charge is 0.365 e. The van der Waals surface area contributed by atoms with Crippen molar-refractivity contribution in [3.8, 4) is 0 Å². The van der Waals surface area contributed by atoms with Gasteiger partial charge < -0.3 is 29.7 Å². The first-order valence-corrected chi connectivity index (χ1v) is 10.0. The van der Waals surface area contributed by atoms with E-state index in [1.54, 1.807) is 0 Å². The monoisotopic (exact) mass is 419 g/mol. The lowest BCUT2D eigenvalue weighted by Crippen LogP contribution is -2.30. The third-order valence-electron chi connectivity index (χ3n) is 4.05. The molecular formula is C14H19FN5O7P. The number of carbonyl (C=O) groups is 1. The van der Waals surface area contributed by atoms with Crippen molar-refractivity contribution in [2.45, 2.75) is 37.9 Å². The van der Waals surface area contributed by atoms with E-state index < -0.39 is 37.8 Å². The molecule has 1 aliphatic rings. The molecule has 14 heteroatoms. The van der Waals surface area contributed by atoms with Gasteiger partial charge in [-0.3, -0.25) is 9.13 Å². The first-order valence-electron chi connectivity index (χ1n) is 8.35. The Bertz CT molecular complexity index is 919. The minimum atomic E-state index is -4.87. The average Bonchev–Trinajstić information content (AvgIpc) is 3.20. The summed E-state index contributed by atoms with van der Waals surface area (Å²) in [4.78, 5) is 41.4. The lowest BCUT2D eigenvalue weighted by Gasteiger charge is -2.20. The van der Waals surface area contributed by atoms with E-state index in [-0.39, 0.29) is 30.2 Å². The molecule has 0 radical (unpaired) electrons. The van der Waals surface area contributed by atoms with Crippen molar-refractivity contribution in [1.82, 2.24) is 19.5 Å². The molecule has 12 nitrogen and oxygen atoms in total. The fourth-order valence-corrected chi connectivity index (χ4v) is 3.48. The molecule has 0 amide bonds. The number of ether oxygens (including phenoxy) is 3. The Morgan fingerprint density at radius 3 is 2.93 bits per heavy atom. The van der Waals surface area contributed by atoms with Crippen LogP contribution in [-0.2, 0) is 23.6 Å². The predicted molar refractivity (Wildman–Crippen MR) is 91.3 cm³/mol. The predicted octanol–water partition coefficient (Wildman–Crippen LogP) is 0.309. The van der Waals surface area contributed by atoms with Crippen LogP contribution in [-0.4, -0.2) is 60.4 Å². The molecule has 1 aliphatic heterocycles. The molecule has 1 saturated heterocycles. The van der Waals surface area contributed by atoms with Gasteiger partial charge in [-0.15, -0.1) is 0 Å². The number of rotatable bonds is 7. The minimum absolute atomic E-state index is 0.0457. The van der Waals surface area contributed by atoms with Crippen LogP contribution < -0.4 is 5.73 Å². The summed E-state index contributed by atoms with van der Waals surface area (Å²) in [6.07, 6.45) is 0.205. The van der Waals surface area contributed by atoms with Crippen LogP contribution in [0.3, 0.4) is 0 Å². The Kier molecular flexibility index (Phi) is 5.91. The van der Waals surface area contributed by atoms with Crippen LogP contribution in [0.2, 0.25) is 0 Å². The highest BCUT2D eigenvalue weighted by Gasteiger charge is 2.39. The molecule has 3 heterocycles. The zero-order valence-corrected chi connectivity index (χ0v) is 15.7. The van der Waals surface area contributed by atoms with E-state index in [1.165, 1.54) is 17.8 Å². The summed E-state index contributed by atoms with van der Waals surface area (Å²) in [6.45, 7) is 1.22. The molecule has 1 fully saturated rings. The summed E-state index contributed by atoms with van der Waals surface area (Å²) in [6, 6.07) is 0. The van der Waals surface area contributed by atoms with Crippen molar-refractivity contribution in [2.75, 3.05) is 18.9 Å². The number of nitrogens with zero attached hydrogens (tertiary/aromatic N) is 4. The molecule has 0 aliphatic carbocycles. The maximum atomic E-state index is 13.5. The molecule has 2 aromatic rings. The number of carbonyl (C=O) groups excluding carboxylic acids is 1. The van der Waals surface area contributed by atoms with Crippen molar-refractivity contribution in [3.63, 3.8) is 0 Å². The normalized spacial score (nSPS) is 21.1. The van der Waals surface area contributed by atoms with Gasteiger partial charge in [0.05, 0.1) is 25.6 Å². The maximum Gasteiger partial charge on any atom is 0.365 e. The number of esters is 1. The number of aromatic nitrogens is 4. The molecule has 2 aromatic heterocycles. The Labute approximate surface area is 158 Å². The number of hydrogen-bond donors (Lipinski definition) is 3. The molecule has 3 atom stereocenters. The van der Waals surface area contributed by atoms with Crippen molar-refractivity contribution in [3.05, 3.63) is 12.4 Å². The Morgan fingerprint density at radius 2 is 2.25 bits per heavy atom. The number of halogens is 1. The van der Waals surface area contributed by atoms with Gasteiger partial charge in [0.15, 0.2) is 17.0 Å². The molecule has 28 heavy (non-hydrogen) atoms. The fourth-order valence-electron chi connectivity index (χ4n) is 2.85. The van der Waals surface area contributed by atoms with Gasteiger partial charge in [0, 0.05) is 0 Å². The van der Waals surface area contributed by atoms with E-state index in [2.05, 4.69) is 19.7 Å². The lowest BCUT2D eigenvalue weighted by atomic mass is 10.2. The van der Waals surface area contributed by atoms with Crippen molar-refractivity contribution in [1.29, 1.82) is 0 Å². The summed E-state index contributed by atoms with van der Waals surface area (Å²) >= 11 is 0. The third kappa shape index (κ3) is 4.28. The first kappa shape index (κ1) is 20.6. The van der Waals surface area contributed by atoms with Gasteiger partial charge in [-0.25, -0.2) is 9.78 Å². The number of nitrogen functional groups attached to an aromatic ring is 1. The molecule has 3 rings (SSSR count). The second-order valence-corrected chi connectivity index (χ2v) is 7.67. The number of anilines is 1. The standard InChI is InChI=1S/C14H19FN5O7P/c1-2-25-12(21)13(28(22,23)24)26-5-7-3-4-8(27-7)20-6-17-9-10(16)18-14(15)19-11(9)20/h6-8,13H,2-5H2,1H3,(H2,16,18,19)(H2,22,23,24)/t7-,8+,13-/m0/s1. The SMILES string of the molecule is CCOC(=O)[C@@H](OC[C@@H]1CC[C@H](n2cnc3c(N)nc(F)nc32)O1)P(=O)(O)O. The molecule has 154 valence electrons. The van der Waals surface area contributed by atoms with Crippen LogP contribution in [0.4, 0.5) is 10.2 Å². The van der Waals surface area contributed by atoms with Gasteiger partial charge in [-0.2, -0.15) is 14.4 Å². The van der Waals surface area contributed by atoms with Crippen molar-refractivity contribution < 1.29 is 37.7 Å². The second-order valence-electron chi connectivity index (χ2n) is 6.02. The maximum absolute atomic E-state index is 13.5. The van der Waals surface area contributed by atoms with E-state index >= 15 is 0 Å². The van der Waals surface area contributed by atoms with Gasteiger partial charge in [0.25, 0.3) is 5.85 Å². The number of imidazole rings is 1. The number of fused-ring (bicyclic) bond motifs is 1. The molecule has 0 aromatic carbocycles. The quantitative estimate of drug-likeness (QED) is 0.320. The van der Waals surface area contributed by atoms with Crippen LogP contribution in [0.15, 0.2) is 6.33 Å². The highest BCUT2D eigenvalue weighted by Crippen LogP contribution is 2.43. The molecule has 0 unspecified atom stereocenters. The van der Waals surface area contributed by atoms with Crippen LogP contribution in [0.5, 0.6) is 0 Å². The number of hydrogen-bond acceptors (Lipinski definition) is 9. The first-order chi connectivity index (χ1) is 13.2. The van der Waals surface area contributed by atoms with Gasteiger partial charge >= 0.3 is 19.6 Å². The topological polar surface area (TPSA) is 172 Å². The van der Waals surface area contributed by atoms with E-state index in [9.17, 15) is 23.5 Å². The largest absolute Gasteiger partial charge is 0.464 e. The summed E-state index contributed by atoms with van der Waals surface area (Å²) in [7, 11) is -4.87. The van der Waals surface area contributed by atoms with Gasteiger partial charge in [-0.1, -0.05) is 0 Å². The summed E-state index contributed by atoms with van der Waals surface area (Å²) in [5.41, 5.74) is 6.02. The van der Waals surface area contributed by atoms with Crippen LogP contribution >= 0.6 is 7.60 Å². The Balaban J connectivity index is 1.67. The van der Waals surface area contributed by atoms with E-state index in [0.29, 0.717) is 12.8 Å². The molecule has 0 spiro atoms. The summed E-state index contributed by atoms with van der Waals surface area (Å²) < 4.78 is 41.9. The molecule has 0 saturated carbocycles. The van der Waals surface area contributed by atoms with E-state index in [4.69, 9.17) is 15.2 Å². The molecular weight excluding hydrogens is 400 g/mol. The van der Waals surface area contributed by atoms with Gasteiger partial charge in [0.2, 0.25) is 0 Å². The highest BCUT2D eigenvalue weighted by molar-refractivity contribution is 7.53. The molecule has 4 N–H and O–H groups in total. The third-order valence-corrected chi connectivity index (χ3v) is 5.02. The molecule has 0 bridgehead atoms. The van der Waals surface area contributed by atoms with Crippen molar-refractivity contribution in [2.24, 2.45) is 0 Å². The van der Waals surface area contributed by atoms with Gasteiger partial charge in [-0.05, 0) is 19.8 Å². The van der Waals surface area contributed by atoms with Crippen LogP contribution in [0.25, 0.3) is 11.2 Å². The number of nitrogens with two attached hydrogens (primary N) is 1. The van der Waals surface area contributed by atoms with Gasteiger partial charge in [0.1, 0.15) is 6.23 Å². The Hall–Kier alpha value is -2.18. The van der Waals surface area contributed by atoms with Crippen LogP contribution in [0, 0.1) is 6.08 Å². The summed E-state index contributed by atoms with van der Waals surface area (Å²) in [5, 5.41) is 0. The average molecular weight is 419 g/mol. The van der Waals surface area contributed by atoms with Crippen molar-refractivity contribution >= 4 is 30.5 Å². The van der Waals surface area contributed by atoms with E-state index in [0.717, 1.165) is 0 Å². The fraction of sp³-hybridized carbons (Fsp3) is 0.571. The van der Waals surface area contributed by atoms with E-state index in [1.807, 2.05) is 0 Å². The minimum Gasteiger partial charge on any atom is -0.464 e.